The summed E-state index contributed by atoms with van der Waals surface area (Å²) in [7, 11) is 0. The number of alkyl halides is 9. The number of pyridine rings is 2. The number of likely N-dealkylation sites (tertiary alicyclic amines) is 2. The van der Waals surface area contributed by atoms with Crippen molar-refractivity contribution >= 4 is 53.3 Å². The number of nitriles is 2. The molecule has 1 aromatic carbocycles. The van der Waals surface area contributed by atoms with Crippen LogP contribution in [0.25, 0.3) is 16.8 Å². The predicted octanol–water partition coefficient (Wildman–Crippen LogP) is 11.0. The molecule has 5 rings (SSSR count). The minimum atomic E-state index is -5.15. The van der Waals surface area contributed by atoms with E-state index in [1.54, 1.807) is 50.6 Å². The van der Waals surface area contributed by atoms with E-state index in [2.05, 4.69) is 62.1 Å². The molecule has 0 aliphatic carbocycles. The van der Waals surface area contributed by atoms with Crippen molar-refractivity contribution < 1.29 is 72.7 Å². The molecule has 2 saturated heterocycles. The third-order valence-electron chi connectivity index (χ3n) is 13.6. The van der Waals surface area contributed by atoms with Gasteiger partial charge in [0.25, 0.3) is 0 Å². The van der Waals surface area contributed by atoms with Crippen molar-refractivity contribution in [3.63, 3.8) is 0 Å². The number of allylic oxidation sites excluding steroid dienone is 1. The van der Waals surface area contributed by atoms with Crippen molar-refractivity contribution in [1.29, 1.82) is 10.5 Å². The van der Waals surface area contributed by atoms with Gasteiger partial charge in [-0.3, -0.25) is 38.7 Å². The zero-order chi connectivity index (χ0) is 65.5. The molecule has 4 heterocycles. The van der Waals surface area contributed by atoms with Gasteiger partial charge in [0.15, 0.2) is 0 Å². The fourth-order valence-electron chi connectivity index (χ4n) is 8.27. The summed E-state index contributed by atoms with van der Waals surface area (Å²) in [4.78, 5) is 78.4. The van der Waals surface area contributed by atoms with Crippen molar-refractivity contribution in [3.8, 4) is 12.1 Å². The Labute approximate surface area is 485 Å². The van der Waals surface area contributed by atoms with Gasteiger partial charge in [0.1, 0.15) is 17.9 Å². The number of carbonyl (C=O) groups excluding carboxylic acids is 6. The summed E-state index contributed by atoms with van der Waals surface area (Å²) in [6.45, 7) is 30.6. The van der Waals surface area contributed by atoms with Crippen LogP contribution in [-0.2, 0) is 34.2 Å². The van der Waals surface area contributed by atoms with Crippen LogP contribution in [0.1, 0.15) is 145 Å². The number of halogens is 10. The molecule has 3 aromatic rings. The van der Waals surface area contributed by atoms with Gasteiger partial charge in [0.05, 0.1) is 25.2 Å². The van der Waals surface area contributed by atoms with E-state index in [4.69, 9.17) is 5.26 Å². The van der Waals surface area contributed by atoms with Crippen LogP contribution in [0, 0.1) is 63.0 Å². The van der Waals surface area contributed by atoms with Gasteiger partial charge in [-0.2, -0.15) is 50.0 Å². The van der Waals surface area contributed by atoms with Gasteiger partial charge in [0.2, 0.25) is 24.6 Å². The van der Waals surface area contributed by atoms with Gasteiger partial charge < -0.3 is 31.1 Å². The highest BCUT2D eigenvalue weighted by atomic mass is 19.4. The second-order valence-electron chi connectivity index (χ2n) is 22.5. The van der Waals surface area contributed by atoms with Gasteiger partial charge in [-0.1, -0.05) is 104 Å². The molecule has 0 bridgehead atoms. The number of carbonyl (C=O) groups is 6. The molecule has 4 N–H and O–H groups in total. The maximum atomic E-state index is 13.5. The number of nitrogens with one attached hydrogen (secondary N) is 4. The molecule has 2 aliphatic rings. The number of nitrogens with zero attached hydrogens (tertiary/aromatic N) is 6. The van der Waals surface area contributed by atoms with Crippen LogP contribution in [0.2, 0.25) is 0 Å². The lowest BCUT2D eigenvalue weighted by atomic mass is 9.58. The molecule has 3 unspecified atom stereocenters. The summed E-state index contributed by atoms with van der Waals surface area (Å²) in [5, 5.41) is 27.6. The van der Waals surface area contributed by atoms with E-state index in [1.807, 2.05) is 46.8 Å². The number of amides is 6. The van der Waals surface area contributed by atoms with E-state index in [0.29, 0.717) is 36.0 Å². The van der Waals surface area contributed by atoms with E-state index in [1.165, 1.54) is 40.5 Å². The topological polar surface area (TPSA) is 230 Å². The third kappa shape index (κ3) is 23.0. The molecular formula is C58H80F10N10O6. The highest BCUT2D eigenvalue weighted by molar-refractivity contribution is 5.89. The number of aromatic nitrogens is 2. The molecule has 0 radical (unpaired) electrons. The fraction of sp³-hybridized carbons (Fsp3) is 0.586. The Morgan fingerprint density at radius 3 is 1.51 bits per heavy atom. The summed E-state index contributed by atoms with van der Waals surface area (Å²) in [5.41, 5.74) is -2.01. The lowest BCUT2D eigenvalue weighted by Gasteiger charge is -2.45. The molecule has 6 amide bonds. The van der Waals surface area contributed by atoms with Crippen LogP contribution >= 0.6 is 0 Å². The lowest BCUT2D eigenvalue weighted by Crippen LogP contribution is -2.47. The van der Waals surface area contributed by atoms with Crippen molar-refractivity contribution in [3.05, 3.63) is 76.6 Å². The Bertz CT molecular complexity index is 2780. The first kappa shape index (κ1) is 76.6. The maximum Gasteiger partial charge on any atom is 0.471 e. The van der Waals surface area contributed by atoms with Crippen LogP contribution < -0.4 is 21.3 Å². The quantitative estimate of drug-likeness (QED) is 0.0934. The van der Waals surface area contributed by atoms with Gasteiger partial charge in [-0.05, 0) is 87.6 Å². The van der Waals surface area contributed by atoms with E-state index in [-0.39, 0.29) is 47.9 Å². The van der Waals surface area contributed by atoms with E-state index < -0.39 is 89.6 Å². The zero-order valence-corrected chi connectivity index (χ0v) is 50.4. The largest absolute Gasteiger partial charge is 0.471 e. The molecule has 5 atom stereocenters. The van der Waals surface area contributed by atoms with Crippen LogP contribution in [0.4, 0.5) is 43.9 Å². The van der Waals surface area contributed by atoms with E-state index >= 15 is 0 Å². The maximum absolute atomic E-state index is 13.5. The van der Waals surface area contributed by atoms with Crippen molar-refractivity contribution in [2.75, 3.05) is 39.3 Å². The smallest absolute Gasteiger partial charge is 0.340 e. The highest BCUT2D eigenvalue weighted by Crippen LogP contribution is 2.52. The molecule has 26 heteroatoms. The minimum absolute atomic E-state index is 0.0157. The first-order valence-corrected chi connectivity index (χ1v) is 26.8. The normalized spacial score (nSPS) is 18.1. The number of benzene rings is 1. The molecule has 0 saturated carbocycles. The first-order chi connectivity index (χ1) is 38.6. The van der Waals surface area contributed by atoms with Gasteiger partial charge in [-0.25, -0.2) is 4.39 Å². The van der Waals surface area contributed by atoms with Gasteiger partial charge >= 0.3 is 30.3 Å². The standard InChI is InChI=1S/C25H29F6N5O3.C12H8FN3O.C11H17F3N2O2.2C4H10.C2H6/c1-14(24(26,27)28)6-16-17(19(7-32)35-13-37)8-33-9-18(16)22(3,4)23(5)12-36(11-15(23)2)20(38)10-34-21(39)25(29,30)31;13-9-2-1-8-5-15-6-11(10(8)3-9)12(4-14)16-7-17;1-7-5-16(6-10(7,2)3)8(17)4-15-9(18)11(12,13)14;2*1-4(2)3;1-2/h6,8-9,13,15,19H,10-12H2,1-5H3,(H,34,39)(H,35,37);1-3,5-7,12H,(H,16,17);7H,4-6H2,1-3H3,(H,15,18);2*4H,1-3H3;1-2H3/b14-6+;;;;;/t15-,19?,23?;;7-;;;/m0.0.../s1. The predicted molar refractivity (Wildman–Crippen MR) is 298 cm³/mol. The Kier molecular flexibility index (Phi) is 30.3. The average molecular weight is 1200 g/mol. The van der Waals surface area contributed by atoms with E-state index in [0.717, 1.165) is 30.2 Å². The van der Waals surface area contributed by atoms with Gasteiger partial charge in [-0.15, -0.1) is 0 Å². The third-order valence-corrected chi connectivity index (χ3v) is 13.6. The van der Waals surface area contributed by atoms with Crippen molar-refractivity contribution in [1.82, 2.24) is 41.0 Å². The number of hydrogen-bond acceptors (Lipinski definition) is 10. The summed E-state index contributed by atoms with van der Waals surface area (Å²) in [6.07, 6.45) is -7.63. The van der Waals surface area contributed by atoms with Crippen LogP contribution in [0.5, 0.6) is 0 Å². The average Bonchev–Trinajstić information content (AvgIpc) is 4.04. The Balaban J connectivity index is 0.00000126. The molecule has 2 fully saturated rings. The summed E-state index contributed by atoms with van der Waals surface area (Å²) < 4.78 is 127. The fourth-order valence-corrected chi connectivity index (χ4v) is 8.27. The zero-order valence-electron chi connectivity index (χ0n) is 50.4. The van der Waals surface area contributed by atoms with E-state index in [9.17, 15) is 77.9 Å². The Hall–Kier alpha value is -7.38. The second-order valence-corrected chi connectivity index (χ2v) is 22.5. The Morgan fingerprint density at radius 1 is 0.690 bits per heavy atom. The molecule has 0 spiro atoms. The number of hydrogen-bond donors (Lipinski definition) is 4. The second kappa shape index (κ2) is 33.2. The highest BCUT2D eigenvalue weighted by Gasteiger charge is 2.53. The lowest BCUT2D eigenvalue weighted by molar-refractivity contribution is -0.174. The Morgan fingerprint density at radius 2 is 1.11 bits per heavy atom. The summed E-state index contributed by atoms with van der Waals surface area (Å²) in [6, 6.07) is 5.85. The first-order valence-electron chi connectivity index (χ1n) is 26.8. The SMILES string of the molecule is C/C(=C\c1c(C(C#N)NC=O)cncc1C(C)(C)C1(C)CN(C(=O)CNC(=O)C(F)(F)F)C[C@@H]1C)C(F)(F)F.CC.CC(C)C.CC(C)C.C[C@H]1CN(C(=O)CNC(=O)C(F)(F)F)CC1(C)C.N#CC(NC=O)c1cncc2ccc(F)cc12. The number of rotatable bonds is 13. The van der Waals surface area contributed by atoms with Crippen LogP contribution in [0.15, 0.2) is 48.6 Å². The van der Waals surface area contributed by atoms with Crippen LogP contribution in [-0.4, -0.2) is 114 Å². The molecule has 2 aromatic heterocycles. The molecule has 16 nitrogen and oxygen atoms in total. The summed E-state index contributed by atoms with van der Waals surface area (Å²) in [5.74, 6) is -4.31. The monoisotopic (exact) mass is 1200 g/mol. The molecule has 84 heavy (non-hydrogen) atoms. The van der Waals surface area contributed by atoms with Crippen molar-refractivity contribution in [2.24, 2.45) is 34.5 Å². The number of fused-ring (bicyclic) bond motifs is 1. The molecule has 2 aliphatic heterocycles. The summed E-state index contributed by atoms with van der Waals surface area (Å²) >= 11 is 0. The van der Waals surface area contributed by atoms with Crippen molar-refractivity contribution in [2.45, 2.75) is 147 Å². The van der Waals surface area contributed by atoms with Gasteiger partial charge in [0, 0.05) is 73.1 Å². The minimum Gasteiger partial charge on any atom is -0.340 e. The van der Waals surface area contributed by atoms with Crippen LogP contribution in [0.3, 0.4) is 0 Å². The molecule has 468 valence electrons. The molecular weight excluding hydrogens is 1120 g/mol.